The lowest BCUT2D eigenvalue weighted by Crippen LogP contribution is -2.17. The van der Waals surface area contributed by atoms with Crippen molar-refractivity contribution in [1.29, 1.82) is 0 Å². The molecule has 17 heavy (non-hydrogen) atoms. The number of halogens is 1. The molecule has 1 amide bonds. The Labute approximate surface area is 107 Å². The maximum Gasteiger partial charge on any atom is 0.271 e. The first-order chi connectivity index (χ1) is 8.25. The lowest BCUT2D eigenvalue weighted by atomic mass is 10.2. The zero-order valence-corrected chi connectivity index (χ0v) is 10.6. The van der Waals surface area contributed by atoms with Crippen molar-refractivity contribution in [3.63, 3.8) is 0 Å². The molecule has 0 fully saturated rings. The van der Waals surface area contributed by atoms with Crippen LogP contribution in [-0.2, 0) is 4.74 Å². The van der Waals surface area contributed by atoms with Gasteiger partial charge in [-0.1, -0.05) is 15.9 Å². The Hall–Kier alpha value is -1.62. The topological polar surface area (TPSA) is 50.7 Å². The minimum atomic E-state index is -0.243. The van der Waals surface area contributed by atoms with Gasteiger partial charge in [0.05, 0.1) is 12.8 Å². The van der Waals surface area contributed by atoms with E-state index in [1.165, 1.54) is 6.21 Å². The summed E-state index contributed by atoms with van der Waals surface area (Å²) in [6.07, 6.45) is 4.32. The van der Waals surface area contributed by atoms with Gasteiger partial charge in [0.15, 0.2) is 0 Å². The molecule has 0 atom stereocenters. The molecule has 4 nitrogen and oxygen atoms in total. The summed E-state index contributed by atoms with van der Waals surface area (Å²) in [6, 6.07) is 7.06. The number of ether oxygens (including phenoxy) is 1. The van der Waals surface area contributed by atoms with Crippen molar-refractivity contribution in [2.75, 3.05) is 6.61 Å². The largest absolute Gasteiger partial charge is 0.492 e. The molecule has 0 unspecified atom stereocenters. The predicted molar refractivity (Wildman–Crippen MR) is 68.8 cm³/mol. The van der Waals surface area contributed by atoms with Crippen LogP contribution in [0.5, 0.6) is 0 Å². The molecule has 0 aliphatic carbocycles. The van der Waals surface area contributed by atoms with Gasteiger partial charge in [-0.2, -0.15) is 5.10 Å². The Morgan fingerprint density at radius 3 is 2.82 bits per heavy atom. The van der Waals surface area contributed by atoms with Crippen LogP contribution in [0.1, 0.15) is 16.8 Å². The van der Waals surface area contributed by atoms with E-state index < -0.39 is 0 Å². The highest BCUT2D eigenvalue weighted by atomic mass is 79.9. The van der Waals surface area contributed by atoms with E-state index in [-0.39, 0.29) is 5.91 Å². The van der Waals surface area contributed by atoms with Gasteiger partial charge in [-0.05, 0) is 30.3 Å². The Morgan fingerprint density at radius 1 is 1.41 bits per heavy atom. The first-order valence-corrected chi connectivity index (χ1v) is 5.97. The number of carbonyl (C=O) groups excluding carboxylic acids is 1. The molecule has 0 aromatic heterocycles. The molecule has 1 aromatic carbocycles. The maximum absolute atomic E-state index is 11.6. The SMILES string of the molecule is O=C(N/N=C\C1=CCCO1)c1ccc(Br)cc1. The van der Waals surface area contributed by atoms with Crippen LogP contribution in [-0.4, -0.2) is 18.7 Å². The molecule has 1 aromatic rings. The van der Waals surface area contributed by atoms with Crippen LogP contribution < -0.4 is 5.43 Å². The number of hydrazone groups is 1. The minimum Gasteiger partial charge on any atom is -0.492 e. The molecule has 1 aliphatic heterocycles. The zero-order chi connectivity index (χ0) is 12.1. The summed E-state index contributed by atoms with van der Waals surface area (Å²) in [5, 5.41) is 3.82. The number of allylic oxidation sites excluding steroid dienone is 1. The predicted octanol–water partition coefficient (Wildman–Crippen LogP) is 2.47. The molecular formula is C12H11BrN2O2. The van der Waals surface area contributed by atoms with E-state index in [1.807, 2.05) is 6.08 Å². The summed E-state index contributed by atoms with van der Waals surface area (Å²) in [4.78, 5) is 11.6. The van der Waals surface area contributed by atoms with Gasteiger partial charge in [0.1, 0.15) is 5.76 Å². The van der Waals surface area contributed by atoms with Crippen molar-refractivity contribution in [3.05, 3.63) is 46.1 Å². The molecular weight excluding hydrogens is 284 g/mol. The second-order valence-corrected chi connectivity index (χ2v) is 4.37. The second kappa shape index (κ2) is 5.63. The molecule has 0 saturated carbocycles. The Morgan fingerprint density at radius 2 is 2.18 bits per heavy atom. The fraction of sp³-hybridized carbons (Fsp3) is 0.167. The summed E-state index contributed by atoms with van der Waals surface area (Å²) in [5.74, 6) is 0.452. The third-order valence-electron chi connectivity index (χ3n) is 2.20. The van der Waals surface area contributed by atoms with Gasteiger partial charge in [0, 0.05) is 16.5 Å². The normalized spacial score (nSPS) is 14.5. The lowest BCUT2D eigenvalue weighted by Gasteiger charge is -2.00. The molecule has 0 bridgehead atoms. The number of hydrogen-bond acceptors (Lipinski definition) is 3. The highest BCUT2D eigenvalue weighted by Crippen LogP contribution is 2.10. The fourth-order valence-corrected chi connectivity index (χ4v) is 1.61. The standard InChI is InChI=1S/C12H11BrN2O2/c13-10-5-3-9(4-6-10)12(16)15-14-8-11-2-1-7-17-11/h2-6,8H,1,7H2,(H,15,16)/b14-8-. The van der Waals surface area contributed by atoms with E-state index in [9.17, 15) is 4.79 Å². The third kappa shape index (κ3) is 3.42. The molecule has 0 spiro atoms. The number of hydrogen-bond donors (Lipinski definition) is 1. The Bertz CT molecular complexity index is 466. The van der Waals surface area contributed by atoms with E-state index in [4.69, 9.17) is 4.74 Å². The molecule has 1 N–H and O–H groups in total. The molecule has 0 radical (unpaired) electrons. The van der Waals surface area contributed by atoms with Crippen LogP contribution in [0.15, 0.2) is 45.7 Å². The molecule has 1 aliphatic rings. The summed E-state index contributed by atoms with van der Waals surface area (Å²) >= 11 is 3.31. The highest BCUT2D eigenvalue weighted by Gasteiger charge is 2.04. The first kappa shape index (κ1) is 11.9. The van der Waals surface area contributed by atoms with Gasteiger partial charge in [-0.25, -0.2) is 5.43 Å². The van der Waals surface area contributed by atoms with Gasteiger partial charge >= 0.3 is 0 Å². The van der Waals surface area contributed by atoms with Crippen LogP contribution in [0.3, 0.4) is 0 Å². The van der Waals surface area contributed by atoms with Crippen LogP contribution in [0.2, 0.25) is 0 Å². The van der Waals surface area contributed by atoms with E-state index in [2.05, 4.69) is 26.5 Å². The average molecular weight is 295 g/mol. The summed E-state index contributed by atoms with van der Waals surface area (Å²) in [7, 11) is 0. The molecule has 0 saturated heterocycles. The number of rotatable bonds is 3. The van der Waals surface area contributed by atoms with Crippen molar-refractivity contribution >= 4 is 28.1 Å². The summed E-state index contributed by atoms with van der Waals surface area (Å²) in [6.45, 7) is 0.683. The smallest absolute Gasteiger partial charge is 0.271 e. The number of carbonyl (C=O) groups is 1. The van der Waals surface area contributed by atoms with Gasteiger partial charge in [-0.15, -0.1) is 0 Å². The van der Waals surface area contributed by atoms with Crippen LogP contribution in [0, 0.1) is 0 Å². The van der Waals surface area contributed by atoms with E-state index in [0.29, 0.717) is 17.9 Å². The minimum absolute atomic E-state index is 0.243. The maximum atomic E-state index is 11.6. The summed E-state index contributed by atoms with van der Waals surface area (Å²) < 4.78 is 6.14. The van der Waals surface area contributed by atoms with Gasteiger partial charge < -0.3 is 4.74 Å². The monoisotopic (exact) mass is 294 g/mol. The van der Waals surface area contributed by atoms with Crippen molar-refractivity contribution in [1.82, 2.24) is 5.43 Å². The number of nitrogens with zero attached hydrogens (tertiary/aromatic N) is 1. The second-order valence-electron chi connectivity index (χ2n) is 3.45. The number of amides is 1. The lowest BCUT2D eigenvalue weighted by molar-refractivity contribution is 0.0955. The molecule has 1 heterocycles. The summed E-state index contributed by atoms with van der Waals surface area (Å²) in [5.41, 5.74) is 3.00. The number of nitrogens with one attached hydrogen (secondary N) is 1. The van der Waals surface area contributed by atoms with Crippen molar-refractivity contribution in [3.8, 4) is 0 Å². The van der Waals surface area contributed by atoms with E-state index >= 15 is 0 Å². The van der Waals surface area contributed by atoms with E-state index in [1.54, 1.807) is 24.3 Å². The van der Waals surface area contributed by atoms with Gasteiger partial charge in [0.25, 0.3) is 5.91 Å². The van der Waals surface area contributed by atoms with E-state index in [0.717, 1.165) is 10.9 Å². The van der Waals surface area contributed by atoms with Gasteiger partial charge in [0.2, 0.25) is 0 Å². The van der Waals surface area contributed by atoms with Gasteiger partial charge in [-0.3, -0.25) is 4.79 Å². The fourth-order valence-electron chi connectivity index (χ4n) is 1.35. The molecule has 88 valence electrons. The number of benzene rings is 1. The van der Waals surface area contributed by atoms with Crippen LogP contribution >= 0.6 is 15.9 Å². The molecule has 2 rings (SSSR count). The van der Waals surface area contributed by atoms with Crippen molar-refractivity contribution in [2.45, 2.75) is 6.42 Å². The third-order valence-corrected chi connectivity index (χ3v) is 2.73. The first-order valence-electron chi connectivity index (χ1n) is 5.17. The van der Waals surface area contributed by atoms with Crippen LogP contribution in [0.25, 0.3) is 0 Å². The Kier molecular flexibility index (Phi) is 3.93. The quantitative estimate of drug-likeness (QED) is 0.688. The highest BCUT2D eigenvalue weighted by molar-refractivity contribution is 9.10. The van der Waals surface area contributed by atoms with Crippen molar-refractivity contribution < 1.29 is 9.53 Å². The van der Waals surface area contributed by atoms with Crippen molar-refractivity contribution in [2.24, 2.45) is 5.10 Å². The zero-order valence-electron chi connectivity index (χ0n) is 9.02. The Balaban J connectivity index is 1.90. The average Bonchev–Trinajstić information content (AvgIpc) is 2.83. The van der Waals surface area contributed by atoms with Crippen LogP contribution in [0.4, 0.5) is 0 Å². The molecule has 5 heteroatoms.